The van der Waals surface area contributed by atoms with Gasteiger partial charge in [-0.2, -0.15) is 13.2 Å². The number of aliphatic hydroxyl groups excluding tert-OH is 1. The lowest BCUT2D eigenvalue weighted by molar-refractivity contribution is -0.137. The normalized spacial score (nSPS) is 13.3. The van der Waals surface area contributed by atoms with Gasteiger partial charge in [0.25, 0.3) is 0 Å². The van der Waals surface area contributed by atoms with E-state index in [0.29, 0.717) is 5.56 Å². The lowest BCUT2D eigenvalue weighted by Crippen LogP contribution is -2.09. The van der Waals surface area contributed by atoms with Gasteiger partial charge in [0.2, 0.25) is 0 Å². The van der Waals surface area contributed by atoms with Gasteiger partial charge < -0.3 is 5.11 Å². The van der Waals surface area contributed by atoms with Crippen LogP contribution < -0.4 is 0 Å². The van der Waals surface area contributed by atoms with Crippen LogP contribution in [0.2, 0.25) is 0 Å². The summed E-state index contributed by atoms with van der Waals surface area (Å²) in [7, 11) is 0. The summed E-state index contributed by atoms with van der Waals surface area (Å²) in [6, 6.07) is 8.67. The fourth-order valence-corrected chi connectivity index (χ4v) is 2.67. The molecule has 0 aromatic heterocycles. The highest BCUT2D eigenvalue weighted by Crippen LogP contribution is 2.33. The van der Waals surface area contributed by atoms with Gasteiger partial charge in [-0.3, -0.25) is 0 Å². The van der Waals surface area contributed by atoms with Gasteiger partial charge in [-0.15, -0.1) is 0 Å². The Morgan fingerprint density at radius 2 is 1.52 bits per heavy atom. The van der Waals surface area contributed by atoms with E-state index < -0.39 is 17.8 Å². The summed E-state index contributed by atoms with van der Waals surface area (Å²) in [5.74, 6) is 0. The third-order valence-electron chi connectivity index (χ3n) is 3.54. The minimum atomic E-state index is -4.41. The summed E-state index contributed by atoms with van der Waals surface area (Å²) in [4.78, 5) is 0. The maximum Gasteiger partial charge on any atom is 0.416 e. The molecular weight excluding hydrogens is 277 g/mol. The number of hydrogen-bond donors (Lipinski definition) is 1. The molecule has 0 aliphatic carbocycles. The molecule has 0 bridgehead atoms. The molecule has 1 nitrogen and oxygen atoms in total. The molecule has 0 saturated heterocycles. The molecule has 2 aromatic carbocycles. The monoisotopic (exact) mass is 294 g/mol. The van der Waals surface area contributed by atoms with Crippen molar-refractivity contribution < 1.29 is 18.3 Å². The second-order valence-corrected chi connectivity index (χ2v) is 5.34. The van der Waals surface area contributed by atoms with Crippen LogP contribution in [0.5, 0.6) is 0 Å². The lowest BCUT2D eigenvalue weighted by Gasteiger charge is -2.19. The van der Waals surface area contributed by atoms with Crippen molar-refractivity contribution in [3.05, 3.63) is 69.8 Å². The first-order valence-electron chi connectivity index (χ1n) is 6.63. The second-order valence-electron chi connectivity index (χ2n) is 5.34. The highest BCUT2D eigenvalue weighted by atomic mass is 19.4. The first kappa shape index (κ1) is 15.6. The SMILES string of the molecule is Cc1cc(C)c(C(O)c2cccc(C(F)(F)F)c2)c(C)c1. The molecule has 1 N–H and O–H groups in total. The standard InChI is InChI=1S/C17H17F3O/c1-10-7-11(2)15(12(3)8-10)16(21)13-5-4-6-14(9-13)17(18,19)20/h4-9,16,21H,1-3H3. The first-order chi connectivity index (χ1) is 9.70. The van der Waals surface area contributed by atoms with E-state index in [9.17, 15) is 18.3 Å². The number of halogens is 3. The molecule has 112 valence electrons. The molecule has 2 aromatic rings. The minimum Gasteiger partial charge on any atom is -0.384 e. The van der Waals surface area contributed by atoms with Crippen molar-refractivity contribution in [1.29, 1.82) is 0 Å². The van der Waals surface area contributed by atoms with Crippen molar-refractivity contribution in [1.82, 2.24) is 0 Å². The van der Waals surface area contributed by atoms with E-state index in [4.69, 9.17) is 0 Å². The van der Waals surface area contributed by atoms with Gasteiger partial charge in [-0.05, 0) is 55.2 Å². The minimum absolute atomic E-state index is 0.250. The summed E-state index contributed by atoms with van der Waals surface area (Å²) in [6.07, 6.45) is -5.47. The summed E-state index contributed by atoms with van der Waals surface area (Å²) >= 11 is 0. The molecule has 0 radical (unpaired) electrons. The van der Waals surface area contributed by atoms with Gasteiger partial charge in [0.15, 0.2) is 0 Å². The van der Waals surface area contributed by atoms with Gasteiger partial charge in [0.1, 0.15) is 6.10 Å². The van der Waals surface area contributed by atoms with E-state index in [2.05, 4.69) is 0 Å². The zero-order valence-electron chi connectivity index (χ0n) is 12.1. The number of benzene rings is 2. The Balaban J connectivity index is 2.48. The quantitative estimate of drug-likeness (QED) is 0.850. The average molecular weight is 294 g/mol. The van der Waals surface area contributed by atoms with E-state index in [1.54, 1.807) is 0 Å². The predicted octanol–water partition coefficient (Wildman–Crippen LogP) is 4.71. The summed E-state index contributed by atoms with van der Waals surface area (Å²) in [6.45, 7) is 5.65. The molecular formula is C17H17F3O. The number of alkyl halides is 3. The number of aryl methyl sites for hydroxylation is 3. The molecule has 0 fully saturated rings. The van der Waals surface area contributed by atoms with Crippen LogP contribution >= 0.6 is 0 Å². The third-order valence-corrected chi connectivity index (χ3v) is 3.54. The molecule has 0 spiro atoms. The van der Waals surface area contributed by atoms with E-state index in [1.165, 1.54) is 12.1 Å². The molecule has 21 heavy (non-hydrogen) atoms. The summed E-state index contributed by atoms with van der Waals surface area (Å²) in [5, 5.41) is 10.5. The van der Waals surface area contributed by atoms with Crippen molar-refractivity contribution in [3.63, 3.8) is 0 Å². The van der Waals surface area contributed by atoms with Crippen LogP contribution in [0.15, 0.2) is 36.4 Å². The van der Waals surface area contributed by atoms with Crippen molar-refractivity contribution >= 4 is 0 Å². The highest BCUT2D eigenvalue weighted by Gasteiger charge is 2.31. The van der Waals surface area contributed by atoms with Gasteiger partial charge in [-0.25, -0.2) is 0 Å². The summed E-state index contributed by atoms with van der Waals surface area (Å²) < 4.78 is 38.3. The maximum absolute atomic E-state index is 12.8. The van der Waals surface area contributed by atoms with E-state index in [1.807, 2.05) is 32.9 Å². The Kier molecular flexibility index (Phi) is 4.10. The van der Waals surface area contributed by atoms with E-state index >= 15 is 0 Å². The van der Waals surface area contributed by atoms with Crippen molar-refractivity contribution in [2.75, 3.05) is 0 Å². The Labute approximate surface area is 122 Å². The summed E-state index contributed by atoms with van der Waals surface area (Å²) in [5.41, 5.74) is 2.97. The van der Waals surface area contributed by atoms with Crippen LogP contribution in [0.25, 0.3) is 0 Å². The Hall–Kier alpha value is -1.81. The predicted molar refractivity (Wildman–Crippen MR) is 76.2 cm³/mol. The van der Waals surface area contributed by atoms with Gasteiger partial charge in [0.05, 0.1) is 5.56 Å². The second kappa shape index (κ2) is 5.53. The lowest BCUT2D eigenvalue weighted by atomic mass is 9.91. The Morgan fingerprint density at radius 1 is 0.952 bits per heavy atom. The zero-order chi connectivity index (χ0) is 15.8. The fourth-order valence-electron chi connectivity index (χ4n) is 2.67. The van der Waals surface area contributed by atoms with Gasteiger partial charge in [-0.1, -0.05) is 29.8 Å². The fraction of sp³-hybridized carbons (Fsp3) is 0.294. The topological polar surface area (TPSA) is 20.2 Å². The largest absolute Gasteiger partial charge is 0.416 e. The maximum atomic E-state index is 12.8. The molecule has 0 saturated carbocycles. The van der Waals surface area contributed by atoms with Gasteiger partial charge in [0, 0.05) is 0 Å². The van der Waals surface area contributed by atoms with Crippen LogP contribution in [0, 0.1) is 20.8 Å². The Bertz CT molecular complexity index is 636. The van der Waals surface area contributed by atoms with E-state index in [-0.39, 0.29) is 5.56 Å². The number of rotatable bonds is 2. The third kappa shape index (κ3) is 3.27. The molecule has 2 rings (SSSR count). The number of hydrogen-bond acceptors (Lipinski definition) is 1. The van der Waals surface area contributed by atoms with E-state index in [0.717, 1.165) is 28.8 Å². The van der Waals surface area contributed by atoms with Crippen LogP contribution in [0.3, 0.4) is 0 Å². The molecule has 0 aliphatic rings. The van der Waals surface area contributed by atoms with Crippen LogP contribution in [-0.4, -0.2) is 5.11 Å². The van der Waals surface area contributed by atoms with Crippen molar-refractivity contribution in [2.45, 2.75) is 33.1 Å². The van der Waals surface area contributed by atoms with Crippen LogP contribution in [-0.2, 0) is 6.18 Å². The van der Waals surface area contributed by atoms with Crippen molar-refractivity contribution in [2.24, 2.45) is 0 Å². The van der Waals surface area contributed by atoms with Crippen LogP contribution in [0.4, 0.5) is 13.2 Å². The molecule has 0 aliphatic heterocycles. The smallest absolute Gasteiger partial charge is 0.384 e. The molecule has 4 heteroatoms. The zero-order valence-corrected chi connectivity index (χ0v) is 12.1. The molecule has 1 atom stereocenters. The molecule has 1 unspecified atom stereocenters. The molecule has 0 heterocycles. The molecule has 0 amide bonds. The first-order valence-corrected chi connectivity index (χ1v) is 6.63. The van der Waals surface area contributed by atoms with Gasteiger partial charge >= 0.3 is 6.18 Å². The number of aliphatic hydroxyl groups is 1. The average Bonchev–Trinajstić information content (AvgIpc) is 2.36. The highest BCUT2D eigenvalue weighted by molar-refractivity contribution is 5.43. The van der Waals surface area contributed by atoms with Crippen LogP contribution in [0.1, 0.15) is 39.5 Å². The Morgan fingerprint density at radius 3 is 2.05 bits per heavy atom. The van der Waals surface area contributed by atoms with Crippen molar-refractivity contribution in [3.8, 4) is 0 Å².